The zero-order chi connectivity index (χ0) is 13.4. The smallest absolute Gasteiger partial charge is 0.239 e. The van der Waals surface area contributed by atoms with Crippen LogP contribution >= 0.6 is 0 Å². The average molecular weight is 258 g/mol. The Balaban J connectivity index is 2.29. The Labute approximate surface area is 109 Å². The third-order valence-electron chi connectivity index (χ3n) is 3.52. The summed E-state index contributed by atoms with van der Waals surface area (Å²) in [4.78, 5) is 14.0. The number of rotatable bonds is 7. The molecule has 0 radical (unpaired) electrons. The van der Waals surface area contributed by atoms with Gasteiger partial charge in [-0.05, 0) is 25.8 Å². The molecule has 106 valence electrons. The van der Waals surface area contributed by atoms with Crippen molar-refractivity contribution >= 4 is 5.91 Å². The molecule has 1 aliphatic rings. The Morgan fingerprint density at radius 2 is 2.11 bits per heavy atom. The number of hydrogen-bond donors (Lipinski definition) is 2. The minimum absolute atomic E-state index is 0.150. The molecule has 0 aromatic heterocycles. The molecule has 0 aromatic carbocycles. The largest absolute Gasteiger partial charge is 0.396 e. The van der Waals surface area contributed by atoms with Gasteiger partial charge in [0.1, 0.15) is 0 Å². The first-order valence-corrected chi connectivity index (χ1v) is 6.89. The molecule has 0 bridgehead atoms. The van der Waals surface area contributed by atoms with Gasteiger partial charge < -0.3 is 20.1 Å². The number of hydrogen-bond acceptors (Lipinski definition) is 4. The normalized spacial score (nSPS) is 19.6. The summed E-state index contributed by atoms with van der Waals surface area (Å²) in [6.45, 7) is 7.68. The van der Waals surface area contributed by atoms with E-state index >= 15 is 0 Å². The molecule has 2 N–H and O–H groups in total. The van der Waals surface area contributed by atoms with Gasteiger partial charge in [0.2, 0.25) is 5.91 Å². The molecule has 1 saturated heterocycles. The van der Waals surface area contributed by atoms with E-state index in [1.165, 1.54) is 0 Å². The molecule has 1 heterocycles. The van der Waals surface area contributed by atoms with E-state index in [2.05, 4.69) is 12.2 Å². The summed E-state index contributed by atoms with van der Waals surface area (Å²) in [5.74, 6) is 0.590. The second kappa shape index (κ2) is 8.45. The summed E-state index contributed by atoms with van der Waals surface area (Å²) >= 11 is 0. The Morgan fingerprint density at radius 3 is 2.67 bits per heavy atom. The molecule has 18 heavy (non-hydrogen) atoms. The molecule has 5 nitrogen and oxygen atoms in total. The minimum Gasteiger partial charge on any atom is -0.396 e. The van der Waals surface area contributed by atoms with Gasteiger partial charge in [0.05, 0.1) is 19.3 Å². The van der Waals surface area contributed by atoms with Crippen LogP contribution in [0.3, 0.4) is 0 Å². The van der Waals surface area contributed by atoms with Crippen LogP contribution in [0.1, 0.15) is 26.7 Å². The Morgan fingerprint density at radius 1 is 1.44 bits per heavy atom. The highest BCUT2D eigenvalue weighted by molar-refractivity contribution is 5.81. The molecule has 1 rings (SSSR count). The van der Waals surface area contributed by atoms with Crippen molar-refractivity contribution in [3.63, 3.8) is 0 Å². The van der Waals surface area contributed by atoms with Gasteiger partial charge in [0.25, 0.3) is 0 Å². The van der Waals surface area contributed by atoms with Crippen LogP contribution in [0.15, 0.2) is 0 Å². The zero-order valence-corrected chi connectivity index (χ0v) is 11.5. The molecule has 2 atom stereocenters. The lowest BCUT2D eigenvalue weighted by molar-refractivity contribution is -0.137. The van der Waals surface area contributed by atoms with Crippen molar-refractivity contribution in [3.8, 4) is 0 Å². The summed E-state index contributed by atoms with van der Waals surface area (Å²) in [6, 6.07) is -0.157. The molecule has 0 saturated carbocycles. The highest BCUT2D eigenvalue weighted by Crippen LogP contribution is 2.07. The number of amides is 1. The van der Waals surface area contributed by atoms with Gasteiger partial charge in [-0.3, -0.25) is 4.79 Å². The topological polar surface area (TPSA) is 61.8 Å². The van der Waals surface area contributed by atoms with Crippen LogP contribution in [0.4, 0.5) is 0 Å². The fourth-order valence-electron chi connectivity index (χ4n) is 2.12. The lowest BCUT2D eigenvalue weighted by atomic mass is 10.0. The van der Waals surface area contributed by atoms with E-state index in [9.17, 15) is 4.79 Å². The zero-order valence-electron chi connectivity index (χ0n) is 11.5. The van der Waals surface area contributed by atoms with Gasteiger partial charge in [0, 0.05) is 19.7 Å². The average Bonchev–Trinajstić information content (AvgIpc) is 2.43. The van der Waals surface area contributed by atoms with Crippen molar-refractivity contribution in [1.29, 1.82) is 0 Å². The van der Waals surface area contributed by atoms with E-state index in [4.69, 9.17) is 9.84 Å². The van der Waals surface area contributed by atoms with Crippen LogP contribution in [0.25, 0.3) is 0 Å². The quantitative estimate of drug-likeness (QED) is 0.686. The molecular weight excluding hydrogens is 232 g/mol. The maximum Gasteiger partial charge on any atom is 0.239 e. The van der Waals surface area contributed by atoms with E-state index in [1.807, 2.05) is 11.8 Å². The maximum absolute atomic E-state index is 12.1. The first-order valence-electron chi connectivity index (χ1n) is 6.89. The second-order valence-corrected chi connectivity index (χ2v) is 4.85. The van der Waals surface area contributed by atoms with Crippen LogP contribution in [0, 0.1) is 5.92 Å². The Bertz CT molecular complexity index is 242. The van der Waals surface area contributed by atoms with Gasteiger partial charge in [-0.25, -0.2) is 0 Å². The summed E-state index contributed by atoms with van der Waals surface area (Å²) in [5, 5.41) is 12.2. The summed E-state index contributed by atoms with van der Waals surface area (Å²) in [5.41, 5.74) is 0. The molecule has 2 unspecified atom stereocenters. The van der Waals surface area contributed by atoms with Crippen molar-refractivity contribution < 1.29 is 14.6 Å². The highest BCUT2D eigenvalue weighted by Gasteiger charge is 2.22. The monoisotopic (exact) mass is 258 g/mol. The molecule has 5 heteroatoms. The fraction of sp³-hybridized carbons (Fsp3) is 0.923. The first-order chi connectivity index (χ1) is 8.69. The Hall–Kier alpha value is -0.650. The van der Waals surface area contributed by atoms with Gasteiger partial charge in [0.15, 0.2) is 0 Å². The number of carbonyl (C=O) groups is 1. The van der Waals surface area contributed by atoms with Crippen LogP contribution in [0.5, 0.6) is 0 Å². The highest BCUT2D eigenvalue weighted by atomic mass is 16.5. The van der Waals surface area contributed by atoms with Crippen molar-refractivity contribution in [2.45, 2.75) is 32.7 Å². The van der Waals surface area contributed by atoms with Gasteiger partial charge in [-0.1, -0.05) is 13.3 Å². The van der Waals surface area contributed by atoms with Crippen LogP contribution in [-0.2, 0) is 9.53 Å². The predicted octanol–water partition coefficient (Wildman–Crippen LogP) is 0.232. The van der Waals surface area contributed by atoms with Crippen molar-refractivity contribution in [1.82, 2.24) is 10.2 Å². The van der Waals surface area contributed by atoms with E-state index in [1.54, 1.807) is 0 Å². The van der Waals surface area contributed by atoms with Crippen molar-refractivity contribution in [2.24, 2.45) is 5.92 Å². The van der Waals surface area contributed by atoms with E-state index in [0.29, 0.717) is 32.2 Å². The summed E-state index contributed by atoms with van der Waals surface area (Å²) in [7, 11) is 0. The minimum atomic E-state index is -0.157. The number of morpholine rings is 1. The number of carbonyl (C=O) groups excluding carboxylic acids is 1. The van der Waals surface area contributed by atoms with E-state index in [-0.39, 0.29) is 18.6 Å². The lowest BCUT2D eigenvalue weighted by Crippen LogP contribution is -2.49. The molecular formula is C13H26N2O3. The number of ether oxygens (including phenoxy) is 1. The number of nitrogens with one attached hydrogen (secondary N) is 1. The number of nitrogens with zero attached hydrogens (tertiary/aromatic N) is 1. The summed E-state index contributed by atoms with van der Waals surface area (Å²) < 4.78 is 5.24. The fourth-order valence-corrected chi connectivity index (χ4v) is 2.12. The second-order valence-electron chi connectivity index (χ2n) is 4.85. The van der Waals surface area contributed by atoms with Crippen molar-refractivity contribution in [2.75, 3.05) is 39.5 Å². The standard InChI is InChI=1S/C13H26N2O3/c1-3-12(4-7-16)10-14-11(2)13(17)15-5-8-18-9-6-15/h11-12,14,16H,3-10H2,1-2H3. The molecule has 0 aliphatic carbocycles. The van der Waals surface area contributed by atoms with E-state index < -0.39 is 0 Å². The molecule has 0 spiro atoms. The molecule has 1 fully saturated rings. The molecule has 1 aliphatic heterocycles. The first kappa shape index (κ1) is 15.4. The van der Waals surface area contributed by atoms with Gasteiger partial charge in [-0.2, -0.15) is 0 Å². The summed E-state index contributed by atoms with van der Waals surface area (Å²) in [6.07, 6.45) is 1.81. The van der Waals surface area contributed by atoms with Crippen molar-refractivity contribution in [3.05, 3.63) is 0 Å². The van der Waals surface area contributed by atoms with Gasteiger partial charge in [-0.15, -0.1) is 0 Å². The van der Waals surface area contributed by atoms with Gasteiger partial charge >= 0.3 is 0 Å². The third kappa shape index (κ3) is 4.92. The van der Waals surface area contributed by atoms with Crippen LogP contribution in [0.2, 0.25) is 0 Å². The predicted molar refractivity (Wildman–Crippen MR) is 70.3 cm³/mol. The maximum atomic E-state index is 12.1. The number of aliphatic hydroxyl groups excluding tert-OH is 1. The van der Waals surface area contributed by atoms with Crippen LogP contribution in [-0.4, -0.2) is 61.4 Å². The Kier molecular flexibility index (Phi) is 7.23. The third-order valence-corrected chi connectivity index (χ3v) is 3.52. The lowest BCUT2D eigenvalue weighted by Gasteiger charge is -2.30. The van der Waals surface area contributed by atoms with E-state index in [0.717, 1.165) is 19.4 Å². The molecule has 1 amide bonds. The number of aliphatic hydroxyl groups is 1. The SMILES string of the molecule is CCC(CCO)CNC(C)C(=O)N1CCOCC1. The molecule has 0 aromatic rings. The van der Waals surface area contributed by atoms with Crippen LogP contribution < -0.4 is 5.32 Å².